The fraction of sp³-hybridized carbons (Fsp3) is 0.381. The Morgan fingerprint density at radius 3 is 2.52 bits per heavy atom. The van der Waals surface area contributed by atoms with Crippen LogP contribution in [-0.4, -0.2) is 51.1 Å². The van der Waals surface area contributed by atoms with Crippen LogP contribution < -0.4 is 4.90 Å². The molecule has 0 radical (unpaired) electrons. The third-order valence-corrected chi connectivity index (χ3v) is 5.24. The Labute approximate surface area is 159 Å². The first-order valence-electron chi connectivity index (χ1n) is 9.39. The summed E-state index contributed by atoms with van der Waals surface area (Å²) in [5.74, 6) is -0.0198. The molecule has 0 aliphatic carbocycles. The van der Waals surface area contributed by atoms with Crippen LogP contribution in [0.5, 0.6) is 0 Å². The van der Waals surface area contributed by atoms with Gasteiger partial charge in [0, 0.05) is 48.8 Å². The number of aryl methyl sites for hydroxylation is 3. The molecule has 1 fully saturated rings. The summed E-state index contributed by atoms with van der Waals surface area (Å²) in [5, 5.41) is 4.50. The molecule has 1 amide bonds. The van der Waals surface area contributed by atoms with Crippen molar-refractivity contribution in [2.24, 2.45) is 0 Å². The van der Waals surface area contributed by atoms with Crippen LogP contribution in [0.4, 0.5) is 5.69 Å². The lowest BCUT2D eigenvalue weighted by Crippen LogP contribution is -2.54. The van der Waals surface area contributed by atoms with Crippen molar-refractivity contribution in [1.82, 2.24) is 19.5 Å². The number of benzene rings is 1. The zero-order chi connectivity index (χ0) is 19.1. The maximum absolute atomic E-state index is 13.1. The SMILES string of the molecule is Cc1ccc(N2CCN(C(=O)c3cc4nc(C)cc(C)n4n3)[C@H](C)C2)cc1. The van der Waals surface area contributed by atoms with E-state index in [1.807, 2.05) is 24.8 Å². The third-order valence-electron chi connectivity index (χ3n) is 5.24. The van der Waals surface area contributed by atoms with Crippen LogP contribution in [-0.2, 0) is 0 Å². The summed E-state index contributed by atoms with van der Waals surface area (Å²) in [6, 6.07) is 12.4. The van der Waals surface area contributed by atoms with Gasteiger partial charge in [-0.25, -0.2) is 9.50 Å². The summed E-state index contributed by atoms with van der Waals surface area (Å²) >= 11 is 0. The number of anilines is 1. The predicted molar refractivity (Wildman–Crippen MR) is 106 cm³/mol. The second-order valence-electron chi connectivity index (χ2n) is 7.47. The molecule has 3 heterocycles. The van der Waals surface area contributed by atoms with E-state index in [0.717, 1.165) is 30.1 Å². The van der Waals surface area contributed by atoms with E-state index in [-0.39, 0.29) is 11.9 Å². The minimum atomic E-state index is -0.0198. The molecule has 1 aliphatic heterocycles. The highest BCUT2D eigenvalue weighted by molar-refractivity contribution is 5.93. The molecule has 2 aromatic heterocycles. The normalized spacial score (nSPS) is 17.6. The number of hydrogen-bond donors (Lipinski definition) is 0. The van der Waals surface area contributed by atoms with Crippen LogP contribution in [0.15, 0.2) is 36.4 Å². The molecule has 0 spiro atoms. The van der Waals surface area contributed by atoms with Crippen LogP contribution in [0.3, 0.4) is 0 Å². The smallest absolute Gasteiger partial charge is 0.274 e. The lowest BCUT2D eigenvalue weighted by molar-refractivity contribution is 0.0667. The monoisotopic (exact) mass is 363 g/mol. The van der Waals surface area contributed by atoms with Crippen molar-refractivity contribution < 1.29 is 4.79 Å². The Balaban J connectivity index is 1.53. The fourth-order valence-electron chi connectivity index (χ4n) is 3.79. The second-order valence-corrected chi connectivity index (χ2v) is 7.47. The first-order chi connectivity index (χ1) is 12.9. The van der Waals surface area contributed by atoms with Gasteiger partial charge in [-0.1, -0.05) is 17.7 Å². The van der Waals surface area contributed by atoms with Gasteiger partial charge in [-0.3, -0.25) is 4.79 Å². The molecule has 1 aliphatic rings. The molecule has 1 saturated heterocycles. The third kappa shape index (κ3) is 3.27. The van der Waals surface area contributed by atoms with Gasteiger partial charge in [-0.05, 0) is 45.9 Å². The average Bonchev–Trinajstić information content (AvgIpc) is 3.06. The Kier molecular flexibility index (Phi) is 4.34. The van der Waals surface area contributed by atoms with Crippen LogP contribution >= 0.6 is 0 Å². The van der Waals surface area contributed by atoms with Gasteiger partial charge in [0.15, 0.2) is 11.3 Å². The summed E-state index contributed by atoms with van der Waals surface area (Å²) in [5.41, 5.74) is 5.57. The molecule has 27 heavy (non-hydrogen) atoms. The van der Waals surface area contributed by atoms with E-state index < -0.39 is 0 Å². The number of piperazine rings is 1. The van der Waals surface area contributed by atoms with Crippen LogP contribution in [0.2, 0.25) is 0 Å². The highest BCUT2D eigenvalue weighted by Crippen LogP contribution is 2.21. The number of aromatic nitrogens is 3. The van der Waals surface area contributed by atoms with Crippen molar-refractivity contribution in [3.05, 3.63) is 59.0 Å². The molecular formula is C21H25N5O. The molecular weight excluding hydrogens is 338 g/mol. The number of amides is 1. The standard InChI is InChI=1S/C21H25N5O/c1-14-5-7-18(8-6-14)24-9-10-25(17(4)13-24)21(27)19-12-20-22-15(2)11-16(3)26(20)23-19/h5-8,11-12,17H,9-10,13H2,1-4H3/t17-/m1/s1. The second kappa shape index (κ2) is 6.68. The van der Waals surface area contributed by atoms with Gasteiger partial charge in [0.05, 0.1) is 0 Å². The van der Waals surface area contributed by atoms with Gasteiger partial charge in [-0.2, -0.15) is 5.10 Å². The average molecular weight is 363 g/mol. The highest BCUT2D eigenvalue weighted by atomic mass is 16.2. The van der Waals surface area contributed by atoms with E-state index in [1.54, 1.807) is 10.6 Å². The maximum atomic E-state index is 13.1. The van der Waals surface area contributed by atoms with Gasteiger partial charge < -0.3 is 9.80 Å². The molecule has 3 aromatic rings. The summed E-state index contributed by atoms with van der Waals surface area (Å²) in [4.78, 5) is 21.8. The summed E-state index contributed by atoms with van der Waals surface area (Å²) in [7, 11) is 0. The fourth-order valence-corrected chi connectivity index (χ4v) is 3.79. The molecule has 140 valence electrons. The predicted octanol–water partition coefficient (Wildman–Crippen LogP) is 3.01. The minimum Gasteiger partial charge on any atom is -0.368 e. The van der Waals surface area contributed by atoms with Crippen molar-refractivity contribution in [2.75, 3.05) is 24.5 Å². The maximum Gasteiger partial charge on any atom is 0.274 e. The van der Waals surface area contributed by atoms with Crippen LogP contribution in [0, 0.1) is 20.8 Å². The number of carbonyl (C=O) groups is 1. The summed E-state index contributed by atoms with van der Waals surface area (Å²) in [6.45, 7) is 10.5. The molecule has 0 saturated carbocycles. The van der Waals surface area contributed by atoms with E-state index in [2.05, 4.69) is 53.1 Å². The molecule has 1 atom stereocenters. The Hall–Kier alpha value is -2.89. The quantitative estimate of drug-likeness (QED) is 0.702. The van der Waals surface area contributed by atoms with Crippen molar-refractivity contribution in [3.8, 4) is 0 Å². The lowest BCUT2D eigenvalue weighted by Gasteiger charge is -2.40. The van der Waals surface area contributed by atoms with Crippen LogP contribution in [0.25, 0.3) is 5.65 Å². The number of fused-ring (bicyclic) bond motifs is 1. The largest absolute Gasteiger partial charge is 0.368 e. The number of nitrogens with zero attached hydrogens (tertiary/aromatic N) is 5. The van der Waals surface area contributed by atoms with E-state index in [9.17, 15) is 4.79 Å². The molecule has 0 N–H and O–H groups in total. The van der Waals surface area contributed by atoms with Gasteiger partial charge in [0.1, 0.15) is 0 Å². The van der Waals surface area contributed by atoms with Gasteiger partial charge in [-0.15, -0.1) is 0 Å². The van der Waals surface area contributed by atoms with Crippen molar-refractivity contribution >= 4 is 17.2 Å². The zero-order valence-corrected chi connectivity index (χ0v) is 16.3. The van der Waals surface area contributed by atoms with Crippen LogP contribution in [0.1, 0.15) is 34.4 Å². The first-order valence-corrected chi connectivity index (χ1v) is 9.39. The van der Waals surface area contributed by atoms with Crippen molar-refractivity contribution in [2.45, 2.75) is 33.7 Å². The number of hydrogen-bond acceptors (Lipinski definition) is 4. The topological polar surface area (TPSA) is 53.7 Å². The van der Waals surface area contributed by atoms with E-state index in [1.165, 1.54) is 11.3 Å². The molecule has 4 rings (SSSR count). The van der Waals surface area contributed by atoms with Gasteiger partial charge in [0.2, 0.25) is 0 Å². The highest BCUT2D eigenvalue weighted by Gasteiger charge is 2.29. The van der Waals surface area contributed by atoms with E-state index >= 15 is 0 Å². The molecule has 1 aromatic carbocycles. The summed E-state index contributed by atoms with van der Waals surface area (Å²) in [6.07, 6.45) is 0. The lowest BCUT2D eigenvalue weighted by atomic mass is 10.1. The molecule has 0 bridgehead atoms. The molecule has 6 heteroatoms. The van der Waals surface area contributed by atoms with E-state index in [0.29, 0.717) is 12.2 Å². The zero-order valence-electron chi connectivity index (χ0n) is 16.3. The first kappa shape index (κ1) is 17.5. The van der Waals surface area contributed by atoms with E-state index in [4.69, 9.17) is 0 Å². The van der Waals surface area contributed by atoms with Crippen molar-refractivity contribution in [1.29, 1.82) is 0 Å². The van der Waals surface area contributed by atoms with Gasteiger partial charge in [0.25, 0.3) is 5.91 Å². The molecule has 6 nitrogen and oxygen atoms in total. The Morgan fingerprint density at radius 2 is 1.81 bits per heavy atom. The summed E-state index contributed by atoms with van der Waals surface area (Å²) < 4.78 is 1.74. The Morgan fingerprint density at radius 1 is 1.07 bits per heavy atom. The number of carbonyl (C=O) groups excluding carboxylic acids is 1. The van der Waals surface area contributed by atoms with Crippen molar-refractivity contribution in [3.63, 3.8) is 0 Å². The minimum absolute atomic E-state index is 0.0198. The Bertz CT molecular complexity index is 992. The number of rotatable bonds is 2. The van der Waals surface area contributed by atoms with Gasteiger partial charge >= 0.3 is 0 Å². The molecule has 0 unspecified atom stereocenters.